The Morgan fingerprint density at radius 1 is 1.46 bits per heavy atom. The number of aliphatic hydroxyl groups is 1. The lowest BCUT2D eigenvalue weighted by molar-refractivity contribution is -0.0294. The van der Waals surface area contributed by atoms with Crippen LogP contribution in [0.3, 0.4) is 0 Å². The van der Waals surface area contributed by atoms with E-state index < -0.39 is 0 Å². The molecule has 3 atom stereocenters. The third-order valence-corrected chi connectivity index (χ3v) is 4.17. The molecule has 2 aromatic heterocycles. The van der Waals surface area contributed by atoms with Gasteiger partial charge in [0.25, 0.3) is 0 Å². The molecule has 9 heteroatoms. The van der Waals surface area contributed by atoms with Gasteiger partial charge in [-0.3, -0.25) is 8.10 Å². The van der Waals surface area contributed by atoms with Crippen molar-refractivity contribution in [2.75, 3.05) is 16.7 Å². The van der Waals surface area contributed by atoms with Crippen LogP contribution in [-0.4, -0.2) is 43.9 Å². The van der Waals surface area contributed by atoms with E-state index in [-0.39, 0.29) is 24.9 Å². The molecule has 1 saturated heterocycles. The van der Waals surface area contributed by atoms with E-state index in [2.05, 4.69) is 25.4 Å². The average Bonchev–Trinajstić information content (AvgIpc) is 3.19. The summed E-state index contributed by atoms with van der Waals surface area (Å²) in [5.41, 5.74) is 1.27. The first-order chi connectivity index (χ1) is 11.7. The van der Waals surface area contributed by atoms with E-state index in [1.807, 2.05) is 48.2 Å². The lowest BCUT2D eigenvalue weighted by atomic mass is 10.1. The normalized spacial score (nSPS) is 23.0. The van der Waals surface area contributed by atoms with Gasteiger partial charge in [-0.2, -0.15) is 9.97 Å². The summed E-state index contributed by atoms with van der Waals surface area (Å²) in [5.74, 6) is 1.17. The monoisotopic (exact) mass is 449 g/mol. The van der Waals surface area contributed by atoms with E-state index in [9.17, 15) is 5.11 Å². The van der Waals surface area contributed by atoms with Gasteiger partial charge in [0.15, 0.2) is 11.2 Å². The average molecular weight is 449 g/mol. The number of fused-ring (bicyclic) bond motifs is 1. The fraction of sp³-hybridized carbons (Fsp3) is 0.667. The summed E-state index contributed by atoms with van der Waals surface area (Å²) in [6.07, 6.45) is 2.16. The number of aliphatic hydroxyl groups excluding tert-OH is 1. The highest BCUT2D eigenvalue weighted by molar-refractivity contribution is 14.1. The number of halogens is 1. The molecule has 0 aromatic carbocycles. The van der Waals surface area contributed by atoms with Gasteiger partial charge in [0, 0.05) is 5.92 Å². The SMILES string of the molecule is CC.CCOc1nc(NI)nc2c1ncn2C1OC(CO)CC1C. The predicted octanol–water partition coefficient (Wildman–Crippen LogP) is 2.93. The van der Waals surface area contributed by atoms with Crippen molar-refractivity contribution < 1.29 is 14.6 Å². The number of aromatic nitrogens is 4. The summed E-state index contributed by atoms with van der Waals surface area (Å²) in [4.78, 5) is 13.1. The molecule has 1 aliphatic heterocycles. The minimum absolute atomic E-state index is 0.0210. The zero-order chi connectivity index (χ0) is 17.7. The van der Waals surface area contributed by atoms with Gasteiger partial charge in [0.2, 0.25) is 11.8 Å². The summed E-state index contributed by atoms with van der Waals surface area (Å²) in [7, 11) is 0. The molecule has 0 aliphatic carbocycles. The fourth-order valence-corrected chi connectivity index (χ4v) is 2.97. The number of anilines is 1. The predicted molar refractivity (Wildman–Crippen MR) is 100 cm³/mol. The van der Waals surface area contributed by atoms with Crippen LogP contribution in [0, 0.1) is 5.92 Å². The van der Waals surface area contributed by atoms with Gasteiger partial charge < -0.3 is 14.6 Å². The van der Waals surface area contributed by atoms with Crippen molar-refractivity contribution in [1.29, 1.82) is 0 Å². The zero-order valence-electron chi connectivity index (χ0n) is 14.4. The molecule has 0 radical (unpaired) electrons. The molecule has 3 unspecified atom stereocenters. The van der Waals surface area contributed by atoms with Crippen LogP contribution >= 0.6 is 22.9 Å². The quantitative estimate of drug-likeness (QED) is 0.536. The second-order valence-corrected chi connectivity index (χ2v) is 5.79. The Morgan fingerprint density at radius 3 is 2.79 bits per heavy atom. The molecule has 3 rings (SSSR count). The summed E-state index contributed by atoms with van der Waals surface area (Å²) < 4.78 is 16.2. The Kier molecular flexibility index (Phi) is 6.99. The van der Waals surface area contributed by atoms with Gasteiger partial charge in [-0.15, -0.1) is 0 Å². The Hall–Kier alpha value is -1.20. The number of ether oxygens (including phenoxy) is 2. The van der Waals surface area contributed by atoms with Crippen LogP contribution in [0.15, 0.2) is 6.33 Å². The Bertz CT molecular complexity index is 666. The van der Waals surface area contributed by atoms with Crippen LogP contribution < -0.4 is 8.27 Å². The number of hydrogen-bond donors (Lipinski definition) is 2. The first-order valence-electron chi connectivity index (χ1n) is 8.18. The maximum Gasteiger partial charge on any atom is 0.247 e. The van der Waals surface area contributed by atoms with Crippen molar-refractivity contribution in [3.8, 4) is 5.88 Å². The van der Waals surface area contributed by atoms with E-state index >= 15 is 0 Å². The Balaban J connectivity index is 0.00000100. The molecule has 0 bridgehead atoms. The molecule has 0 amide bonds. The van der Waals surface area contributed by atoms with Crippen LogP contribution in [0.4, 0.5) is 5.95 Å². The number of hydrogen-bond acceptors (Lipinski definition) is 7. The lowest BCUT2D eigenvalue weighted by Gasteiger charge is -2.17. The van der Waals surface area contributed by atoms with Crippen molar-refractivity contribution >= 4 is 40.0 Å². The lowest BCUT2D eigenvalue weighted by Crippen LogP contribution is -2.15. The standard InChI is InChI=1S/C13H18IN5O3.C2H6/c1-3-21-11-9-10(16-13(17-11)18-14)19(6-15-9)12-7(2)4-8(5-20)22-12;1-2/h6-8,12,20H,3-5H2,1-2H3,(H,16,17,18);1-2H3. The van der Waals surface area contributed by atoms with Gasteiger partial charge in [-0.1, -0.05) is 20.8 Å². The van der Waals surface area contributed by atoms with Crippen LogP contribution in [0.5, 0.6) is 5.88 Å². The second kappa shape index (κ2) is 8.77. The molecule has 0 spiro atoms. The summed E-state index contributed by atoms with van der Waals surface area (Å²) in [6.45, 7) is 8.51. The first kappa shape index (κ1) is 19.1. The summed E-state index contributed by atoms with van der Waals surface area (Å²) in [6, 6.07) is 0. The van der Waals surface area contributed by atoms with Crippen LogP contribution in [0.25, 0.3) is 11.2 Å². The third-order valence-electron chi connectivity index (χ3n) is 3.69. The van der Waals surface area contributed by atoms with Crippen molar-refractivity contribution in [2.24, 2.45) is 5.92 Å². The molecule has 3 heterocycles. The smallest absolute Gasteiger partial charge is 0.247 e. The number of imidazole rings is 1. The Labute approximate surface area is 155 Å². The minimum Gasteiger partial charge on any atom is -0.476 e. The number of nitrogens with zero attached hydrogens (tertiary/aromatic N) is 4. The van der Waals surface area contributed by atoms with Crippen molar-refractivity contribution in [3.05, 3.63) is 6.33 Å². The molecule has 8 nitrogen and oxygen atoms in total. The summed E-state index contributed by atoms with van der Waals surface area (Å²) >= 11 is 1.98. The molecule has 1 aliphatic rings. The second-order valence-electron chi connectivity index (χ2n) is 5.25. The molecular formula is C15H24IN5O3. The van der Waals surface area contributed by atoms with Gasteiger partial charge in [0.05, 0.1) is 48.5 Å². The minimum atomic E-state index is -0.200. The molecule has 2 N–H and O–H groups in total. The van der Waals surface area contributed by atoms with Crippen molar-refractivity contribution in [3.63, 3.8) is 0 Å². The van der Waals surface area contributed by atoms with E-state index in [1.165, 1.54) is 0 Å². The summed E-state index contributed by atoms with van der Waals surface area (Å²) in [5, 5.41) is 9.30. The van der Waals surface area contributed by atoms with E-state index in [1.54, 1.807) is 6.33 Å². The van der Waals surface area contributed by atoms with Gasteiger partial charge in [0.1, 0.15) is 6.23 Å². The molecule has 2 aromatic rings. The number of rotatable bonds is 5. The molecule has 1 fully saturated rings. The molecular weight excluding hydrogens is 425 g/mol. The fourth-order valence-electron chi connectivity index (χ4n) is 2.73. The number of nitrogens with one attached hydrogen (secondary N) is 1. The molecule has 24 heavy (non-hydrogen) atoms. The highest BCUT2D eigenvalue weighted by Gasteiger charge is 2.34. The van der Waals surface area contributed by atoms with Crippen LogP contribution in [0.2, 0.25) is 0 Å². The third kappa shape index (κ3) is 3.72. The first-order valence-corrected chi connectivity index (χ1v) is 9.26. The molecule has 134 valence electrons. The zero-order valence-corrected chi connectivity index (χ0v) is 16.5. The van der Waals surface area contributed by atoms with Gasteiger partial charge in [-0.05, 0) is 13.3 Å². The van der Waals surface area contributed by atoms with Crippen molar-refractivity contribution in [1.82, 2.24) is 19.5 Å². The maximum atomic E-state index is 9.30. The van der Waals surface area contributed by atoms with Gasteiger partial charge in [-0.25, -0.2) is 4.98 Å². The van der Waals surface area contributed by atoms with Gasteiger partial charge >= 0.3 is 0 Å². The van der Waals surface area contributed by atoms with E-state index in [0.717, 1.165) is 6.42 Å². The molecule has 0 saturated carbocycles. The maximum absolute atomic E-state index is 9.30. The topological polar surface area (TPSA) is 94.3 Å². The van der Waals surface area contributed by atoms with E-state index in [4.69, 9.17) is 9.47 Å². The Morgan fingerprint density at radius 2 is 2.21 bits per heavy atom. The van der Waals surface area contributed by atoms with Crippen LogP contribution in [0.1, 0.15) is 40.3 Å². The largest absolute Gasteiger partial charge is 0.476 e. The highest BCUT2D eigenvalue weighted by Crippen LogP contribution is 2.36. The van der Waals surface area contributed by atoms with Crippen LogP contribution in [-0.2, 0) is 4.74 Å². The van der Waals surface area contributed by atoms with E-state index in [0.29, 0.717) is 29.6 Å². The highest BCUT2D eigenvalue weighted by atomic mass is 127. The van der Waals surface area contributed by atoms with Crippen molar-refractivity contribution in [2.45, 2.75) is 46.4 Å².